The lowest BCUT2D eigenvalue weighted by molar-refractivity contribution is -0.142. The molecule has 1 atom stereocenters. The van der Waals surface area contributed by atoms with Crippen molar-refractivity contribution < 1.29 is 19.1 Å². The molecule has 1 aliphatic heterocycles. The van der Waals surface area contributed by atoms with Crippen LogP contribution in [0.15, 0.2) is 22.8 Å². The quantitative estimate of drug-likeness (QED) is 0.835. The highest BCUT2D eigenvalue weighted by Crippen LogP contribution is 2.20. The van der Waals surface area contributed by atoms with Crippen molar-refractivity contribution in [2.45, 2.75) is 25.4 Å². The molecular weight excluding hydrogens is 210 g/mol. The minimum absolute atomic E-state index is 0.333. The van der Waals surface area contributed by atoms with Gasteiger partial charge in [0, 0.05) is 0 Å². The summed E-state index contributed by atoms with van der Waals surface area (Å²) in [6.45, 7) is 3.45. The van der Waals surface area contributed by atoms with Gasteiger partial charge in [0.15, 0.2) is 0 Å². The molecule has 88 valence electrons. The van der Waals surface area contributed by atoms with Gasteiger partial charge in [-0.1, -0.05) is 0 Å². The van der Waals surface area contributed by atoms with Crippen molar-refractivity contribution in [3.63, 3.8) is 0 Å². The first-order valence-corrected chi connectivity index (χ1v) is 5.05. The number of hydrogen-bond acceptors (Lipinski definition) is 4. The van der Waals surface area contributed by atoms with Crippen molar-refractivity contribution in [1.29, 1.82) is 0 Å². The van der Waals surface area contributed by atoms with Crippen LogP contribution in [0, 0.1) is 0 Å². The Morgan fingerprint density at radius 3 is 2.94 bits per heavy atom. The summed E-state index contributed by atoms with van der Waals surface area (Å²) in [4.78, 5) is 20.8. The molecule has 1 unspecified atom stereocenters. The Labute approximate surface area is 93.7 Å². The van der Waals surface area contributed by atoms with Gasteiger partial charge in [-0.25, -0.2) is 0 Å². The average Bonchev–Trinajstić information content (AvgIpc) is 2.92. The lowest BCUT2D eigenvalue weighted by Crippen LogP contribution is -2.35. The predicted octanol–water partition coefficient (Wildman–Crippen LogP) is 1.14. The molecule has 1 N–H and O–H groups in total. The van der Waals surface area contributed by atoms with E-state index in [1.807, 2.05) is 23.8 Å². The van der Waals surface area contributed by atoms with Crippen LogP contribution in [0.25, 0.3) is 0 Å². The van der Waals surface area contributed by atoms with E-state index in [0.29, 0.717) is 6.54 Å². The Morgan fingerprint density at radius 1 is 1.62 bits per heavy atom. The maximum Gasteiger partial charge on any atom is 0.320 e. The molecule has 0 bridgehead atoms. The summed E-state index contributed by atoms with van der Waals surface area (Å²) >= 11 is 0. The van der Waals surface area contributed by atoms with Gasteiger partial charge in [0.05, 0.1) is 12.8 Å². The number of carbonyl (C=O) groups excluding carboxylic acids is 1. The van der Waals surface area contributed by atoms with Gasteiger partial charge in [0.2, 0.25) is 0 Å². The summed E-state index contributed by atoms with van der Waals surface area (Å²) in [5.41, 5.74) is 0. The molecule has 0 amide bonds. The largest absolute Gasteiger partial charge is 0.480 e. The second kappa shape index (κ2) is 6.07. The SMILES string of the molecule is C=O.O=C(O)C1CCCN1Cc1ccco1. The van der Waals surface area contributed by atoms with Crippen LogP contribution < -0.4 is 0 Å². The van der Waals surface area contributed by atoms with Crippen LogP contribution >= 0.6 is 0 Å². The van der Waals surface area contributed by atoms with Gasteiger partial charge in [0.1, 0.15) is 18.6 Å². The van der Waals surface area contributed by atoms with E-state index in [1.54, 1.807) is 6.26 Å². The zero-order chi connectivity index (χ0) is 12.0. The summed E-state index contributed by atoms with van der Waals surface area (Å²) in [5, 5.41) is 8.94. The van der Waals surface area contributed by atoms with Crippen molar-refractivity contribution in [3.05, 3.63) is 24.2 Å². The van der Waals surface area contributed by atoms with E-state index in [2.05, 4.69) is 0 Å². The number of nitrogens with zero attached hydrogens (tertiary/aromatic N) is 1. The molecule has 2 heterocycles. The molecule has 0 saturated carbocycles. The maximum absolute atomic E-state index is 10.9. The van der Waals surface area contributed by atoms with Crippen LogP contribution in [-0.2, 0) is 16.1 Å². The van der Waals surface area contributed by atoms with Crippen molar-refractivity contribution >= 4 is 12.8 Å². The zero-order valence-electron chi connectivity index (χ0n) is 8.96. The molecule has 1 aliphatic rings. The molecule has 1 aromatic heterocycles. The van der Waals surface area contributed by atoms with Crippen LogP contribution in [0.3, 0.4) is 0 Å². The van der Waals surface area contributed by atoms with Gasteiger partial charge < -0.3 is 14.3 Å². The first-order valence-electron chi connectivity index (χ1n) is 5.05. The summed E-state index contributed by atoms with van der Waals surface area (Å²) < 4.78 is 5.19. The number of hydrogen-bond donors (Lipinski definition) is 1. The third kappa shape index (κ3) is 2.93. The highest BCUT2D eigenvalue weighted by atomic mass is 16.4. The molecule has 1 saturated heterocycles. The van der Waals surface area contributed by atoms with Crippen molar-refractivity contribution in [1.82, 2.24) is 4.90 Å². The fraction of sp³-hybridized carbons (Fsp3) is 0.455. The van der Waals surface area contributed by atoms with Gasteiger partial charge in [-0.3, -0.25) is 9.69 Å². The number of furan rings is 1. The average molecular weight is 225 g/mol. The standard InChI is InChI=1S/C10H13NO3.CH2O/c12-10(13)9-4-1-5-11(9)7-8-3-2-6-14-8;1-2/h2-3,6,9H,1,4-5,7H2,(H,12,13);1H2. The third-order valence-electron chi connectivity index (χ3n) is 2.59. The first kappa shape index (κ1) is 12.4. The Kier molecular flexibility index (Phi) is 4.72. The fourth-order valence-electron chi connectivity index (χ4n) is 1.90. The lowest BCUT2D eigenvalue weighted by Gasteiger charge is -2.19. The van der Waals surface area contributed by atoms with Crippen molar-refractivity contribution in [2.24, 2.45) is 0 Å². The number of rotatable bonds is 3. The van der Waals surface area contributed by atoms with Crippen LogP contribution in [0.2, 0.25) is 0 Å². The van der Waals surface area contributed by atoms with Gasteiger partial charge in [0.25, 0.3) is 0 Å². The molecule has 0 aromatic carbocycles. The molecule has 5 nitrogen and oxygen atoms in total. The number of aliphatic carboxylic acids is 1. The highest BCUT2D eigenvalue weighted by Gasteiger charge is 2.30. The number of carboxylic acid groups (broad SMARTS) is 1. The summed E-state index contributed by atoms with van der Waals surface area (Å²) in [7, 11) is 0. The lowest BCUT2D eigenvalue weighted by atomic mass is 10.2. The molecule has 1 fully saturated rings. The van der Waals surface area contributed by atoms with E-state index < -0.39 is 5.97 Å². The Bertz CT molecular complexity index is 323. The Morgan fingerprint density at radius 2 is 2.38 bits per heavy atom. The second-order valence-electron chi connectivity index (χ2n) is 3.55. The predicted molar refractivity (Wildman–Crippen MR) is 56.9 cm³/mol. The van der Waals surface area contributed by atoms with E-state index >= 15 is 0 Å². The van der Waals surface area contributed by atoms with Crippen molar-refractivity contribution in [3.8, 4) is 0 Å². The van der Waals surface area contributed by atoms with E-state index in [0.717, 1.165) is 25.1 Å². The van der Waals surface area contributed by atoms with Crippen LogP contribution in [0.1, 0.15) is 18.6 Å². The van der Waals surface area contributed by atoms with Crippen LogP contribution in [0.4, 0.5) is 0 Å². The van der Waals surface area contributed by atoms with Crippen molar-refractivity contribution in [2.75, 3.05) is 6.54 Å². The van der Waals surface area contributed by atoms with E-state index in [9.17, 15) is 4.79 Å². The number of carboxylic acids is 1. The van der Waals surface area contributed by atoms with Crippen LogP contribution in [0.5, 0.6) is 0 Å². The van der Waals surface area contributed by atoms with Gasteiger partial charge >= 0.3 is 5.97 Å². The summed E-state index contributed by atoms with van der Waals surface area (Å²) in [6, 6.07) is 3.36. The first-order chi connectivity index (χ1) is 7.77. The smallest absolute Gasteiger partial charge is 0.320 e. The summed E-state index contributed by atoms with van der Waals surface area (Å²) in [5.74, 6) is 0.104. The van der Waals surface area contributed by atoms with E-state index in [-0.39, 0.29) is 6.04 Å². The van der Waals surface area contributed by atoms with Gasteiger partial charge in [-0.15, -0.1) is 0 Å². The molecule has 0 radical (unpaired) electrons. The summed E-state index contributed by atoms with van der Waals surface area (Å²) in [6.07, 6.45) is 3.31. The van der Waals surface area contributed by atoms with E-state index in [1.165, 1.54) is 0 Å². The molecule has 0 spiro atoms. The molecule has 16 heavy (non-hydrogen) atoms. The molecule has 5 heteroatoms. The second-order valence-corrected chi connectivity index (χ2v) is 3.55. The molecule has 1 aromatic rings. The van der Waals surface area contributed by atoms with Gasteiger partial charge in [-0.05, 0) is 31.5 Å². The third-order valence-corrected chi connectivity index (χ3v) is 2.59. The fourth-order valence-corrected chi connectivity index (χ4v) is 1.90. The molecule has 0 aliphatic carbocycles. The zero-order valence-corrected chi connectivity index (χ0v) is 8.96. The monoisotopic (exact) mass is 225 g/mol. The molecular formula is C11H15NO4. The Balaban J connectivity index is 0.000000606. The number of carbonyl (C=O) groups is 2. The Hall–Kier alpha value is -1.62. The highest BCUT2D eigenvalue weighted by molar-refractivity contribution is 5.73. The minimum Gasteiger partial charge on any atom is -0.480 e. The normalized spacial score (nSPS) is 20.1. The maximum atomic E-state index is 10.9. The van der Waals surface area contributed by atoms with E-state index in [4.69, 9.17) is 14.3 Å². The van der Waals surface area contributed by atoms with Crippen LogP contribution in [-0.4, -0.2) is 35.4 Å². The molecule has 2 rings (SSSR count). The topological polar surface area (TPSA) is 70.8 Å². The minimum atomic E-state index is -0.728. The van der Waals surface area contributed by atoms with Gasteiger partial charge in [-0.2, -0.15) is 0 Å². The number of likely N-dealkylation sites (tertiary alicyclic amines) is 1.